The molecular weight excluding hydrogens is 166 g/mol. The van der Waals surface area contributed by atoms with Gasteiger partial charge in [-0.05, 0) is 19.4 Å². The van der Waals surface area contributed by atoms with Crippen LogP contribution in [0.2, 0.25) is 0 Å². The first-order chi connectivity index (χ1) is 6.27. The molecule has 0 aromatic rings. The fraction of sp³-hybridized carbons (Fsp3) is 0.889. The number of carbonyl (C=O) groups is 1. The molecule has 2 unspecified atom stereocenters. The van der Waals surface area contributed by atoms with Crippen molar-refractivity contribution in [3.63, 3.8) is 0 Å². The molecule has 0 aromatic carbocycles. The van der Waals surface area contributed by atoms with Crippen LogP contribution in [0.4, 0.5) is 0 Å². The van der Waals surface area contributed by atoms with Crippen LogP contribution in [0.3, 0.4) is 0 Å². The number of rotatable bonds is 1. The topological polar surface area (TPSA) is 58.4 Å². The molecule has 3 N–H and O–H groups in total. The van der Waals surface area contributed by atoms with Crippen molar-refractivity contribution in [3.05, 3.63) is 0 Å². The molecule has 2 rings (SSSR count). The van der Waals surface area contributed by atoms with Crippen molar-refractivity contribution < 1.29 is 4.79 Å². The van der Waals surface area contributed by atoms with Gasteiger partial charge in [0.05, 0.1) is 5.92 Å². The van der Waals surface area contributed by atoms with Gasteiger partial charge in [0.2, 0.25) is 5.91 Å². The highest BCUT2D eigenvalue weighted by molar-refractivity contribution is 5.79. The molecule has 13 heavy (non-hydrogen) atoms. The van der Waals surface area contributed by atoms with Crippen molar-refractivity contribution in [2.24, 2.45) is 11.7 Å². The fourth-order valence-electron chi connectivity index (χ4n) is 2.11. The summed E-state index contributed by atoms with van der Waals surface area (Å²) in [5.41, 5.74) is 5.75. The number of carbonyl (C=O) groups excluding carboxylic acids is 1. The molecule has 0 aliphatic carbocycles. The summed E-state index contributed by atoms with van der Waals surface area (Å²) in [5, 5.41) is 3.21. The van der Waals surface area contributed by atoms with Gasteiger partial charge >= 0.3 is 0 Å². The summed E-state index contributed by atoms with van der Waals surface area (Å²) in [4.78, 5) is 13.7. The minimum Gasteiger partial charge on any atom is -0.341 e. The van der Waals surface area contributed by atoms with Crippen LogP contribution in [0.25, 0.3) is 0 Å². The maximum absolute atomic E-state index is 11.8. The summed E-state index contributed by atoms with van der Waals surface area (Å²) in [6, 6.07) is 0.207. The molecule has 74 valence electrons. The highest BCUT2D eigenvalue weighted by Crippen LogP contribution is 2.15. The minimum atomic E-state index is 0.207. The molecule has 4 nitrogen and oxygen atoms in total. The molecule has 2 aliphatic rings. The highest BCUT2D eigenvalue weighted by Gasteiger charge is 2.30. The summed E-state index contributed by atoms with van der Waals surface area (Å²) in [5.74, 6) is 0.517. The smallest absolute Gasteiger partial charge is 0.227 e. The van der Waals surface area contributed by atoms with E-state index in [2.05, 4.69) is 5.32 Å². The van der Waals surface area contributed by atoms with Crippen molar-refractivity contribution in [1.82, 2.24) is 10.2 Å². The monoisotopic (exact) mass is 183 g/mol. The van der Waals surface area contributed by atoms with Crippen LogP contribution in [0.5, 0.6) is 0 Å². The van der Waals surface area contributed by atoms with Gasteiger partial charge < -0.3 is 16.0 Å². The van der Waals surface area contributed by atoms with Gasteiger partial charge in [-0.15, -0.1) is 0 Å². The molecule has 0 spiro atoms. The number of hydrogen-bond donors (Lipinski definition) is 2. The largest absolute Gasteiger partial charge is 0.341 e. The zero-order valence-electron chi connectivity index (χ0n) is 7.83. The third kappa shape index (κ3) is 1.84. The van der Waals surface area contributed by atoms with E-state index in [1.807, 2.05) is 4.90 Å². The number of hydrogen-bond acceptors (Lipinski definition) is 3. The summed E-state index contributed by atoms with van der Waals surface area (Å²) < 4.78 is 0. The van der Waals surface area contributed by atoms with Crippen LogP contribution in [-0.4, -0.2) is 43.0 Å². The molecule has 0 aromatic heterocycles. The van der Waals surface area contributed by atoms with Crippen molar-refractivity contribution in [1.29, 1.82) is 0 Å². The van der Waals surface area contributed by atoms with Crippen LogP contribution in [-0.2, 0) is 4.79 Å². The van der Waals surface area contributed by atoms with E-state index in [1.54, 1.807) is 0 Å². The lowest BCUT2D eigenvalue weighted by Gasteiger charge is -2.19. The second-order valence-corrected chi connectivity index (χ2v) is 4.02. The minimum absolute atomic E-state index is 0.207. The number of nitrogens with two attached hydrogens (primary N) is 1. The van der Waals surface area contributed by atoms with Gasteiger partial charge in [0, 0.05) is 25.7 Å². The van der Waals surface area contributed by atoms with Crippen molar-refractivity contribution in [2.45, 2.75) is 18.9 Å². The number of nitrogens with zero attached hydrogens (tertiary/aromatic N) is 1. The number of nitrogens with one attached hydrogen (secondary N) is 1. The molecule has 0 radical (unpaired) electrons. The Hall–Kier alpha value is -0.610. The van der Waals surface area contributed by atoms with Crippen molar-refractivity contribution in [2.75, 3.05) is 26.2 Å². The van der Waals surface area contributed by atoms with Gasteiger partial charge in [0.25, 0.3) is 0 Å². The number of amides is 1. The normalized spacial score (nSPS) is 34.1. The molecule has 1 amide bonds. The van der Waals surface area contributed by atoms with Gasteiger partial charge in [-0.25, -0.2) is 0 Å². The Bertz CT molecular complexity index is 201. The van der Waals surface area contributed by atoms with E-state index in [-0.39, 0.29) is 12.0 Å². The molecule has 2 atom stereocenters. The average molecular weight is 183 g/mol. The second-order valence-electron chi connectivity index (χ2n) is 4.02. The van der Waals surface area contributed by atoms with E-state index >= 15 is 0 Å². The van der Waals surface area contributed by atoms with Crippen molar-refractivity contribution in [3.8, 4) is 0 Å². The van der Waals surface area contributed by atoms with Crippen LogP contribution in [0.15, 0.2) is 0 Å². The van der Waals surface area contributed by atoms with Gasteiger partial charge in [-0.2, -0.15) is 0 Å². The Morgan fingerprint density at radius 1 is 1.46 bits per heavy atom. The van der Waals surface area contributed by atoms with Gasteiger partial charge in [0.15, 0.2) is 0 Å². The van der Waals surface area contributed by atoms with E-state index in [4.69, 9.17) is 5.73 Å². The maximum atomic E-state index is 11.8. The molecule has 2 saturated heterocycles. The van der Waals surface area contributed by atoms with Gasteiger partial charge in [-0.1, -0.05) is 0 Å². The van der Waals surface area contributed by atoms with Crippen LogP contribution in [0, 0.1) is 5.92 Å². The highest BCUT2D eigenvalue weighted by atomic mass is 16.2. The summed E-state index contributed by atoms with van der Waals surface area (Å²) in [6.45, 7) is 3.45. The van der Waals surface area contributed by atoms with Gasteiger partial charge in [-0.3, -0.25) is 4.79 Å². The molecule has 4 heteroatoms. The lowest BCUT2D eigenvalue weighted by molar-refractivity contribution is -0.133. The predicted molar refractivity (Wildman–Crippen MR) is 50.1 cm³/mol. The Morgan fingerprint density at radius 2 is 2.31 bits per heavy atom. The molecule has 0 bridgehead atoms. The molecular formula is C9H17N3O. The maximum Gasteiger partial charge on any atom is 0.227 e. The first-order valence-corrected chi connectivity index (χ1v) is 5.02. The summed E-state index contributed by atoms with van der Waals surface area (Å²) in [7, 11) is 0. The molecule has 2 fully saturated rings. The fourth-order valence-corrected chi connectivity index (χ4v) is 2.11. The summed E-state index contributed by atoms with van der Waals surface area (Å²) in [6.07, 6.45) is 1.95. The number of likely N-dealkylation sites (tertiary alicyclic amines) is 1. The SMILES string of the molecule is NC1CCN(C(=O)C2CCNC2)C1. The average Bonchev–Trinajstić information content (AvgIpc) is 2.72. The Balaban J connectivity index is 1.89. The van der Waals surface area contributed by atoms with Crippen LogP contribution >= 0.6 is 0 Å². The van der Waals surface area contributed by atoms with E-state index < -0.39 is 0 Å². The zero-order valence-corrected chi connectivity index (χ0v) is 7.83. The third-order valence-electron chi connectivity index (χ3n) is 2.95. The van der Waals surface area contributed by atoms with E-state index in [0.717, 1.165) is 39.0 Å². The first-order valence-electron chi connectivity index (χ1n) is 5.02. The first kappa shape index (κ1) is 8.97. The molecule has 0 saturated carbocycles. The Kier molecular flexibility index (Phi) is 2.51. The summed E-state index contributed by atoms with van der Waals surface area (Å²) >= 11 is 0. The van der Waals surface area contributed by atoms with Crippen LogP contribution < -0.4 is 11.1 Å². The quantitative estimate of drug-likeness (QED) is 0.557. The van der Waals surface area contributed by atoms with E-state index in [9.17, 15) is 4.79 Å². The molecule has 2 aliphatic heterocycles. The van der Waals surface area contributed by atoms with Crippen LogP contribution in [0.1, 0.15) is 12.8 Å². The lowest BCUT2D eigenvalue weighted by atomic mass is 10.1. The second kappa shape index (κ2) is 3.64. The predicted octanol–water partition coefficient (Wildman–Crippen LogP) is -0.844. The zero-order chi connectivity index (χ0) is 9.26. The standard InChI is InChI=1S/C9H17N3O/c10-8-2-4-12(6-8)9(13)7-1-3-11-5-7/h7-8,11H,1-6,10H2. The van der Waals surface area contributed by atoms with E-state index in [1.165, 1.54) is 0 Å². The Labute approximate surface area is 78.5 Å². The van der Waals surface area contributed by atoms with Crippen molar-refractivity contribution >= 4 is 5.91 Å². The van der Waals surface area contributed by atoms with E-state index in [0.29, 0.717) is 5.91 Å². The third-order valence-corrected chi connectivity index (χ3v) is 2.95. The molecule has 2 heterocycles. The lowest BCUT2D eigenvalue weighted by Crippen LogP contribution is -2.37. The van der Waals surface area contributed by atoms with Gasteiger partial charge in [0.1, 0.15) is 0 Å². The Morgan fingerprint density at radius 3 is 2.85 bits per heavy atom.